The van der Waals surface area contributed by atoms with Gasteiger partial charge in [0, 0.05) is 24.9 Å². The number of ether oxygens (including phenoxy) is 1. The number of halogens is 3. The maximum atomic E-state index is 13.3. The number of pyridine rings is 1. The van der Waals surface area contributed by atoms with Crippen LogP contribution >= 0.6 is 0 Å². The molecule has 0 aliphatic carbocycles. The summed E-state index contributed by atoms with van der Waals surface area (Å²) >= 11 is 0. The van der Waals surface area contributed by atoms with E-state index in [0.29, 0.717) is 31.0 Å². The summed E-state index contributed by atoms with van der Waals surface area (Å²) in [5, 5.41) is 3.20. The zero-order valence-electron chi connectivity index (χ0n) is 16.9. The Balaban J connectivity index is 1.25. The van der Waals surface area contributed by atoms with Gasteiger partial charge in [0.2, 0.25) is 5.88 Å². The summed E-state index contributed by atoms with van der Waals surface area (Å²) in [6.45, 7) is 6.38. The fraction of sp³-hybridized carbons (Fsp3) is 0.435. The third kappa shape index (κ3) is 4.78. The van der Waals surface area contributed by atoms with Crippen LogP contribution in [-0.2, 0) is 25.6 Å². The Kier molecular flexibility index (Phi) is 5.99. The van der Waals surface area contributed by atoms with Gasteiger partial charge in [0.05, 0.1) is 12.2 Å². The molecule has 0 spiro atoms. The van der Waals surface area contributed by atoms with Gasteiger partial charge in [-0.3, -0.25) is 4.90 Å². The minimum atomic E-state index is -4.30. The minimum Gasteiger partial charge on any atom is -0.478 e. The molecule has 1 aromatic carbocycles. The van der Waals surface area contributed by atoms with Gasteiger partial charge in [-0.2, -0.15) is 18.2 Å². The zero-order valence-corrected chi connectivity index (χ0v) is 16.9. The molecule has 0 fully saturated rings. The molecule has 1 N–H and O–H groups in total. The molecule has 30 heavy (non-hydrogen) atoms. The van der Waals surface area contributed by atoms with Gasteiger partial charge in [-0.05, 0) is 67.5 Å². The Morgan fingerprint density at radius 3 is 2.77 bits per heavy atom. The molecule has 1 aromatic heterocycles. The molecule has 2 aliphatic rings. The summed E-state index contributed by atoms with van der Waals surface area (Å²) in [7, 11) is 0. The molecular formula is C23H26F3N3O. The molecule has 0 atom stereocenters. The van der Waals surface area contributed by atoms with E-state index in [1.807, 2.05) is 18.2 Å². The maximum Gasteiger partial charge on any atom is 0.416 e. The van der Waals surface area contributed by atoms with Crippen LogP contribution in [-0.4, -0.2) is 29.6 Å². The van der Waals surface area contributed by atoms with Crippen LogP contribution in [0.5, 0.6) is 5.88 Å². The van der Waals surface area contributed by atoms with Gasteiger partial charge in [0.1, 0.15) is 5.82 Å². The van der Waals surface area contributed by atoms with Crippen molar-refractivity contribution in [3.63, 3.8) is 0 Å². The topological polar surface area (TPSA) is 37.4 Å². The number of anilines is 1. The molecule has 0 radical (unpaired) electrons. The van der Waals surface area contributed by atoms with E-state index in [4.69, 9.17) is 4.74 Å². The fourth-order valence-corrected chi connectivity index (χ4v) is 4.08. The van der Waals surface area contributed by atoms with Crippen LogP contribution < -0.4 is 10.1 Å². The van der Waals surface area contributed by atoms with Crippen molar-refractivity contribution in [1.82, 2.24) is 9.88 Å². The zero-order chi connectivity index (χ0) is 21.1. The van der Waals surface area contributed by atoms with Gasteiger partial charge >= 0.3 is 6.18 Å². The molecule has 0 saturated carbocycles. The lowest BCUT2D eigenvalue weighted by molar-refractivity contribution is -0.138. The highest BCUT2D eigenvalue weighted by molar-refractivity contribution is 5.53. The first-order chi connectivity index (χ1) is 14.4. The first-order valence-corrected chi connectivity index (χ1v) is 10.4. The second-order valence-electron chi connectivity index (χ2n) is 7.91. The number of nitrogens with one attached hydrogen (secondary N) is 1. The molecule has 7 heteroatoms. The summed E-state index contributed by atoms with van der Waals surface area (Å²) in [5.41, 5.74) is 2.88. The van der Waals surface area contributed by atoms with Crippen LogP contribution in [0.3, 0.4) is 0 Å². The van der Waals surface area contributed by atoms with Crippen molar-refractivity contribution < 1.29 is 17.9 Å². The molecule has 0 amide bonds. The predicted octanol–water partition coefficient (Wildman–Crippen LogP) is 5.19. The van der Waals surface area contributed by atoms with E-state index in [9.17, 15) is 13.2 Å². The average molecular weight is 417 g/mol. The number of unbranched alkanes of at least 4 members (excludes halogenated alkanes) is 1. The van der Waals surface area contributed by atoms with Gasteiger partial charge in [0.25, 0.3) is 0 Å². The van der Waals surface area contributed by atoms with E-state index in [-0.39, 0.29) is 0 Å². The standard InChI is InChI=1S/C23H26F3N3O/c1-16-7-8-18-9-10-21(28-22(18)27-16)30-14-3-2-12-29-13-11-17-5-4-6-20(19(17)15-29)23(24,25)26/h4-6,9-10H,1-3,7-8,11-15H2,(H,27,28). The van der Waals surface area contributed by atoms with E-state index in [0.717, 1.165) is 55.9 Å². The highest BCUT2D eigenvalue weighted by Crippen LogP contribution is 2.35. The fourth-order valence-electron chi connectivity index (χ4n) is 4.08. The average Bonchev–Trinajstić information content (AvgIpc) is 2.72. The van der Waals surface area contributed by atoms with Crippen molar-refractivity contribution in [2.75, 3.05) is 25.0 Å². The summed E-state index contributed by atoms with van der Waals surface area (Å²) in [6, 6.07) is 8.42. The summed E-state index contributed by atoms with van der Waals surface area (Å²) in [5.74, 6) is 1.40. The monoisotopic (exact) mass is 417 g/mol. The lowest BCUT2D eigenvalue weighted by Crippen LogP contribution is -2.33. The number of nitrogens with zero attached hydrogens (tertiary/aromatic N) is 2. The Morgan fingerprint density at radius 1 is 1.07 bits per heavy atom. The van der Waals surface area contributed by atoms with Crippen molar-refractivity contribution in [2.45, 2.75) is 44.8 Å². The van der Waals surface area contributed by atoms with E-state index in [2.05, 4.69) is 21.8 Å². The number of fused-ring (bicyclic) bond motifs is 2. The molecule has 2 aromatic rings. The highest BCUT2D eigenvalue weighted by atomic mass is 19.4. The normalized spacial score (nSPS) is 16.6. The number of alkyl halides is 3. The number of aryl methyl sites for hydroxylation is 1. The number of hydrogen-bond acceptors (Lipinski definition) is 4. The Labute approximate surface area is 174 Å². The van der Waals surface area contributed by atoms with E-state index in [1.165, 1.54) is 17.7 Å². The van der Waals surface area contributed by atoms with Crippen LogP contribution in [0, 0.1) is 0 Å². The van der Waals surface area contributed by atoms with Crippen molar-refractivity contribution in [2.24, 2.45) is 0 Å². The first kappa shape index (κ1) is 20.7. The van der Waals surface area contributed by atoms with Crippen LogP contribution in [0.25, 0.3) is 0 Å². The van der Waals surface area contributed by atoms with Crippen LogP contribution in [0.2, 0.25) is 0 Å². The van der Waals surface area contributed by atoms with Gasteiger partial charge in [-0.1, -0.05) is 18.7 Å². The van der Waals surface area contributed by atoms with Crippen molar-refractivity contribution in [3.05, 3.63) is 64.9 Å². The molecule has 4 nitrogen and oxygen atoms in total. The second kappa shape index (κ2) is 8.68. The SMILES string of the molecule is C=C1CCc2ccc(OCCCCN3CCc4cccc(C(F)(F)F)c4C3)nc2N1. The first-order valence-electron chi connectivity index (χ1n) is 10.4. The summed E-state index contributed by atoms with van der Waals surface area (Å²) < 4.78 is 45.6. The maximum absolute atomic E-state index is 13.3. The van der Waals surface area contributed by atoms with E-state index >= 15 is 0 Å². The van der Waals surface area contributed by atoms with Crippen molar-refractivity contribution in [3.8, 4) is 5.88 Å². The minimum absolute atomic E-state index is 0.355. The third-order valence-corrected chi connectivity index (χ3v) is 5.72. The van der Waals surface area contributed by atoms with E-state index in [1.54, 1.807) is 0 Å². The molecule has 0 bridgehead atoms. The van der Waals surface area contributed by atoms with Crippen LogP contribution in [0.15, 0.2) is 42.6 Å². The quantitative estimate of drug-likeness (QED) is 0.657. The molecule has 0 unspecified atom stereocenters. The predicted molar refractivity (Wildman–Crippen MR) is 110 cm³/mol. The third-order valence-electron chi connectivity index (χ3n) is 5.72. The summed E-state index contributed by atoms with van der Waals surface area (Å²) in [4.78, 5) is 6.60. The van der Waals surface area contributed by atoms with Crippen molar-refractivity contribution in [1.29, 1.82) is 0 Å². The Hall–Kier alpha value is -2.54. The Morgan fingerprint density at radius 2 is 1.93 bits per heavy atom. The number of hydrogen-bond donors (Lipinski definition) is 1. The lowest BCUT2D eigenvalue weighted by atomic mass is 9.94. The molecular weight excluding hydrogens is 391 g/mol. The molecule has 3 heterocycles. The molecule has 160 valence electrons. The molecule has 4 rings (SSSR count). The van der Waals surface area contributed by atoms with Crippen LogP contribution in [0.4, 0.5) is 19.0 Å². The molecule has 2 aliphatic heterocycles. The highest BCUT2D eigenvalue weighted by Gasteiger charge is 2.35. The lowest BCUT2D eigenvalue weighted by Gasteiger charge is -2.30. The number of aromatic nitrogens is 1. The summed E-state index contributed by atoms with van der Waals surface area (Å²) in [6.07, 6.45) is -0.102. The Bertz CT molecular complexity index is 926. The molecule has 0 saturated heterocycles. The van der Waals surface area contributed by atoms with Gasteiger partial charge in [-0.15, -0.1) is 0 Å². The van der Waals surface area contributed by atoms with E-state index < -0.39 is 11.7 Å². The van der Waals surface area contributed by atoms with Gasteiger partial charge in [-0.25, -0.2) is 0 Å². The smallest absolute Gasteiger partial charge is 0.416 e. The van der Waals surface area contributed by atoms with Crippen molar-refractivity contribution >= 4 is 5.82 Å². The van der Waals surface area contributed by atoms with Crippen LogP contribution in [0.1, 0.15) is 41.5 Å². The number of rotatable bonds is 6. The number of benzene rings is 1. The second-order valence-corrected chi connectivity index (χ2v) is 7.91. The number of allylic oxidation sites excluding steroid dienone is 1. The largest absolute Gasteiger partial charge is 0.478 e. The van der Waals surface area contributed by atoms with Gasteiger partial charge in [0.15, 0.2) is 0 Å². The van der Waals surface area contributed by atoms with Gasteiger partial charge < -0.3 is 10.1 Å².